The molecule has 0 radical (unpaired) electrons. The van der Waals surface area contributed by atoms with Crippen LogP contribution in [0.5, 0.6) is 11.5 Å². The lowest BCUT2D eigenvalue weighted by Crippen LogP contribution is -2.33. The molecule has 4 nitrogen and oxygen atoms in total. The predicted molar refractivity (Wildman–Crippen MR) is 95.9 cm³/mol. The van der Waals surface area contributed by atoms with Crippen LogP contribution in [0.2, 0.25) is 5.02 Å². The first-order chi connectivity index (χ1) is 11.7. The molecule has 3 heterocycles. The summed E-state index contributed by atoms with van der Waals surface area (Å²) in [5.41, 5.74) is 1.13. The van der Waals surface area contributed by atoms with Crippen LogP contribution in [0.4, 0.5) is 0 Å². The van der Waals surface area contributed by atoms with Crippen molar-refractivity contribution in [1.29, 1.82) is 0 Å². The Kier molecular flexibility index (Phi) is 4.46. The Morgan fingerprint density at radius 1 is 1.25 bits per heavy atom. The molecule has 0 unspecified atom stereocenters. The topological polar surface area (TPSA) is 33.7 Å². The number of nitrogens with zero attached hydrogens (tertiary/aromatic N) is 1. The maximum atomic E-state index is 6.55. The first kappa shape index (κ1) is 16.2. The number of halogens is 1. The Morgan fingerprint density at radius 2 is 1.96 bits per heavy atom. The number of hydrogen-bond acceptors (Lipinski definition) is 4. The molecule has 1 aromatic carbocycles. The molecule has 3 saturated heterocycles. The minimum atomic E-state index is 0.443. The van der Waals surface area contributed by atoms with E-state index in [0.29, 0.717) is 24.4 Å². The molecule has 0 spiro atoms. The second kappa shape index (κ2) is 6.58. The van der Waals surface area contributed by atoms with Gasteiger partial charge in [-0.2, -0.15) is 0 Å². The second-order valence-corrected chi connectivity index (χ2v) is 7.47. The molecule has 1 aromatic rings. The third-order valence-electron chi connectivity index (χ3n) is 5.95. The van der Waals surface area contributed by atoms with Gasteiger partial charge in [0.1, 0.15) is 6.61 Å². The van der Waals surface area contributed by atoms with Crippen molar-refractivity contribution in [3.05, 3.63) is 35.4 Å². The fraction of sp³-hybridized carbons (Fsp3) is 0.579. The third kappa shape index (κ3) is 2.61. The highest BCUT2D eigenvalue weighted by molar-refractivity contribution is 6.31. The molecule has 5 heteroatoms. The molecule has 0 saturated carbocycles. The summed E-state index contributed by atoms with van der Waals surface area (Å²) in [5, 5.41) is 4.32. The van der Waals surface area contributed by atoms with Gasteiger partial charge in [0, 0.05) is 29.7 Å². The average Bonchev–Trinajstić information content (AvgIpc) is 3.27. The second-order valence-electron chi connectivity index (χ2n) is 7.06. The maximum absolute atomic E-state index is 6.55. The Labute approximate surface area is 148 Å². The minimum absolute atomic E-state index is 0.443. The molecule has 4 rings (SSSR count). The zero-order valence-electron chi connectivity index (χ0n) is 14.1. The van der Waals surface area contributed by atoms with E-state index in [4.69, 9.17) is 21.1 Å². The van der Waals surface area contributed by atoms with Gasteiger partial charge >= 0.3 is 0 Å². The first-order valence-corrected chi connectivity index (χ1v) is 9.17. The smallest absolute Gasteiger partial charge is 0.163 e. The molecular weight excluding hydrogens is 324 g/mol. The average molecular weight is 349 g/mol. The zero-order chi connectivity index (χ0) is 16.7. The van der Waals surface area contributed by atoms with Gasteiger partial charge in [-0.05, 0) is 49.4 Å². The highest BCUT2D eigenvalue weighted by atomic mass is 35.5. The fourth-order valence-electron chi connectivity index (χ4n) is 4.95. The fourth-order valence-corrected chi connectivity index (χ4v) is 5.17. The number of nitrogens with one attached hydrogen (secondary N) is 1. The molecule has 24 heavy (non-hydrogen) atoms. The van der Waals surface area contributed by atoms with Crippen LogP contribution < -0.4 is 14.8 Å². The van der Waals surface area contributed by atoms with Gasteiger partial charge < -0.3 is 14.8 Å². The molecule has 130 valence electrons. The van der Waals surface area contributed by atoms with Crippen LogP contribution in [0.25, 0.3) is 0 Å². The van der Waals surface area contributed by atoms with Crippen LogP contribution in [-0.4, -0.2) is 43.8 Å². The number of rotatable bonds is 6. The van der Waals surface area contributed by atoms with E-state index in [1.807, 2.05) is 12.1 Å². The molecule has 0 amide bonds. The van der Waals surface area contributed by atoms with Crippen molar-refractivity contribution in [3.8, 4) is 11.5 Å². The molecule has 3 aliphatic heterocycles. The maximum Gasteiger partial charge on any atom is 0.163 e. The lowest BCUT2D eigenvalue weighted by atomic mass is 9.82. The Bertz CT molecular complexity index is 618. The summed E-state index contributed by atoms with van der Waals surface area (Å²) in [6.45, 7) is 7.37. The highest BCUT2D eigenvalue weighted by Crippen LogP contribution is 2.48. The van der Waals surface area contributed by atoms with Gasteiger partial charge in [0.15, 0.2) is 11.5 Å². The molecule has 0 aromatic heterocycles. The van der Waals surface area contributed by atoms with E-state index in [1.54, 1.807) is 13.2 Å². The van der Waals surface area contributed by atoms with E-state index in [0.717, 1.165) is 34.7 Å². The van der Waals surface area contributed by atoms with Gasteiger partial charge in [0.25, 0.3) is 0 Å². The summed E-state index contributed by atoms with van der Waals surface area (Å²) in [6, 6.07) is 5.31. The van der Waals surface area contributed by atoms with E-state index in [9.17, 15) is 0 Å². The quantitative estimate of drug-likeness (QED) is 0.801. The third-order valence-corrected chi connectivity index (χ3v) is 6.30. The summed E-state index contributed by atoms with van der Waals surface area (Å²) >= 11 is 6.55. The SMILES string of the molecule is C=CCOc1cc(Cl)c(CN2[C@@H]3CC[C@H]2[C@H]2CNC[C@H]23)cc1OC. The van der Waals surface area contributed by atoms with Crippen molar-refractivity contribution in [2.75, 3.05) is 26.8 Å². The molecule has 1 N–H and O–H groups in total. The number of hydrogen-bond donors (Lipinski definition) is 1. The number of ether oxygens (including phenoxy) is 2. The van der Waals surface area contributed by atoms with Gasteiger partial charge in [-0.25, -0.2) is 0 Å². The van der Waals surface area contributed by atoms with Crippen molar-refractivity contribution >= 4 is 11.6 Å². The Hall–Kier alpha value is -1.23. The van der Waals surface area contributed by atoms with Crippen LogP contribution in [0.3, 0.4) is 0 Å². The van der Waals surface area contributed by atoms with Crippen molar-refractivity contribution < 1.29 is 9.47 Å². The van der Waals surface area contributed by atoms with Gasteiger partial charge in [0.2, 0.25) is 0 Å². The number of benzene rings is 1. The van der Waals surface area contributed by atoms with Crippen molar-refractivity contribution in [3.63, 3.8) is 0 Å². The summed E-state index contributed by atoms with van der Waals surface area (Å²) in [7, 11) is 1.67. The van der Waals surface area contributed by atoms with E-state index >= 15 is 0 Å². The Balaban J connectivity index is 1.55. The lowest BCUT2D eigenvalue weighted by Gasteiger charge is -2.25. The summed E-state index contributed by atoms with van der Waals surface area (Å²) in [5.74, 6) is 3.06. The standard InChI is InChI=1S/C19H25ClN2O2/c1-3-6-24-19-8-15(20)12(7-18(19)23-2)11-22-16-4-5-17(22)14-10-21-9-13(14)16/h3,7-8,13-14,16-17,21H,1,4-6,9-11H2,2H3/t13-,14+,16-,17+. The predicted octanol–water partition coefficient (Wildman–Crippen LogP) is 3.10. The van der Waals surface area contributed by atoms with Crippen molar-refractivity contribution in [2.45, 2.75) is 31.5 Å². The van der Waals surface area contributed by atoms with Gasteiger partial charge in [-0.3, -0.25) is 4.90 Å². The lowest BCUT2D eigenvalue weighted by molar-refractivity contribution is 0.218. The molecular formula is C19H25ClN2O2. The minimum Gasteiger partial charge on any atom is -0.493 e. The molecule has 2 bridgehead atoms. The van der Waals surface area contributed by atoms with Gasteiger partial charge in [-0.15, -0.1) is 0 Å². The zero-order valence-corrected chi connectivity index (χ0v) is 14.9. The molecule has 4 atom stereocenters. The summed E-state index contributed by atoms with van der Waals surface area (Å²) in [6.07, 6.45) is 4.36. The Morgan fingerprint density at radius 3 is 2.58 bits per heavy atom. The molecule has 3 aliphatic rings. The first-order valence-electron chi connectivity index (χ1n) is 8.79. The van der Waals surface area contributed by atoms with Crippen LogP contribution >= 0.6 is 11.6 Å². The van der Waals surface area contributed by atoms with Gasteiger partial charge in [-0.1, -0.05) is 24.3 Å². The van der Waals surface area contributed by atoms with Crippen molar-refractivity contribution in [2.24, 2.45) is 11.8 Å². The molecule has 3 fully saturated rings. The summed E-state index contributed by atoms with van der Waals surface area (Å²) < 4.78 is 11.1. The van der Waals surface area contributed by atoms with Crippen LogP contribution in [-0.2, 0) is 6.54 Å². The monoisotopic (exact) mass is 348 g/mol. The van der Waals surface area contributed by atoms with Crippen LogP contribution in [0.1, 0.15) is 18.4 Å². The normalized spacial score (nSPS) is 31.2. The number of fused-ring (bicyclic) bond motifs is 5. The number of methoxy groups -OCH3 is 1. The summed E-state index contributed by atoms with van der Waals surface area (Å²) in [4.78, 5) is 2.68. The van der Waals surface area contributed by atoms with Gasteiger partial charge in [0.05, 0.1) is 7.11 Å². The van der Waals surface area contributed by atoms with Crippen LogP contribution in [0.15, 0.2) is 24.8 Å². The largest absolute Gasteiger partial charge is 0.493 e. The van der Waals surface area contributed by atoms with Crippen molar-refractivity contribution in [1.82, 2.24) is 10.2 Å². The highest BCUT2D eigenvalue weighted by Gasteiger charge is 2.54. The van der Waals surface area contributed by atoms with E-state index in [1.165, 1.54) is 25.9 Å². The van der Waals surface area contributed by atoms with Crippen LogP contribution in [0, 0.1) is 11.8 Å². The van der Waals surface area contributed by atoms with E-state index in [2.05, 4.69) is 16.8 Å². The molecule has 0 aliphatic carbocycles. The van der Waals surface area contributed by atoms with E-state index < -0.39 is 0 Å². The van der Waals surface area contributed by atoms with E-state index in [-0.39, 0.29) is 0 Å².